The van der Waals surface area contributed by atoms with Crippen LogP contribution in [0.3, 0.4) is 0 Å². The number of anilines is 1. The second kappa shape index (κ2) is 7.71. The van der Waals surface area contributed by atoms with Crippen molar-refractivity contribution in [2.45, 2.75) is 48.8 Å². The molecule has 0 aliphatic heterocycles. The van der Waals surface area contributed by atoms with Crippen molar-refractivity contribution in [3.63, 3.8) is 0 Å². The summed E-state index contributed by atoms with van der Waals surface area (Å²) in [4.78, 5) is 14.7. The van der Waals surface area contributed by atoms with E-state index in [1.807, 2.05) is 23.9 Å². The summed E-state index contributed by atoms with van der Waals surface area (Å²) in [7, 11) is 1.68. The Bertz CT molecular complexity index is 458. The second-order valence-electron chi connectivity index (χ2n) is 5.62. The topological polar surface area (TPSA) is 52.6 Å². The van der Waals surface area contributed by atoms with Crippen LogP contribution in [-0.2, 0) is 0 Å². The zero-order valence-corrected chi connectivity index (χ0v) is 13.5. The van der Waals surface area contributed by atoms with Crippen LogP contribution in [0.2, 0.25) is 0 Å². The number of hydrogen-bond acceptors (Lipinski definition) is 3. The van der Waals surface area contributed by atoms with E-state index in [1.165, 1.54) is 35.5 Å². The fourth-order valence-corrected chi connectivity index (χ4v) is 3.60. The van der Waals surface area contributed by atoms with Gasteiger partial charge in [-0.2, -0.15) is 0 Å². The molecular weight excluding hydrogens is 284 g/mol. The molecule has 0 spiro atoms. The van der Waals surface area contributed by atoms with Gasteiger partial charge < -0.3 is 15.3 Å². The molecule has 1 aromatic rings. The van der Waals surface area contributed by atoms with E-state index < -0.39 is 0 Å². The first-order valence-corrected chi connectivity index (χ1v) is 8.39. The number of aliphatic hydroxyl groups is 1. The summed E-state index contributed by atoms with van der Waals surface area (Å²) < 4.78 is 0. The van der Waals surface area contributed by atoms with Crippen molar-refractivity contribution >= 4 is 23.5 Å². The first-order chi connectivity index (χ1) is 10.1. The quantitative estimate of drug-likeness (QED) is 0.874. The van der Waals surface area contributed by atoms with Gasteiger partial charge in [0.05, 0.1) is 12.6 Å². The Morgan fingerprint density at radius 1 is 1.38 bits per heavy atom. The molecule has 116 valence electrons. The number of aliphatic hydroxyl groups excluding tert-OH is 1. The summed E-state index contributed by atoms with van der Waals surface area (Å²) >= 11 is 1.94. The number of rotatable bonds is 5. The first kappa shape index (κ1) is 16.2. The van der Waals surface area contributed by atoms with Gasteiger partial charge in [0.15, 0.2) is 0 Å². The number of hydrogen-bond donors (Lipinski definition) is 2. The van der Waals surface area contributed by atoms with Crippen LogP contribution in [0.15, 0.2) is 29.2 Å². The summed E-state index contributed by atoms with van der Waals surface area (Å²) in [6.45, 7) is 1.77. The molecule has 0 bridgehead atoms. The van der Waals surface area contributed by atoms with E-state index in [4.69, 9.17) is 5.11 Å². The van der Waals surface area contributed by atoms with Crippen LogP contribution in [0.5, 0.6) is 0 Å². The Kier molecular flexibility index (Phi) is 5.94. The average Bonchev–Trinajstić information content (AvgIpc) is 3.00. The monoisotopic (exact) mass is 308 g/mol. The maximum Gasteiger partial charge on any atom is 0.321 e. The largest absolute Gasteiger partial charge is 0.394 e. The smallest absolute Gasteiger partial charge is 0.321 e. The van der Waals surface area contributed by atoms with E-state index >= 15 is 0 Å². The molecular formula is C16H24N2O2S. The number of urea groups is 1. The molecule has 1 fully saturated rings. The summed E-state index contributed by atoms with van der Waals surface area (Å²) in [5.74, 6) is 0. The third-order valence-electron chi connectivity index (χ3n) is 3.96. The highest BCUT2D eigenvalue weighted by atomic mass is 32.2. The van der Waals surface area contributed by atoms with E-state index in [2.05, 4.69) is 17.4 Å². The summed E-state index contributed by atoms with van der Waals surface area (Å²) in [6, 6.07) is 7.61. The van der Waals surface area contributed by atoms with Crippen LogP contribution in [0, 0.1) is 0 Å². The van der Waals surface area contributed by atoms with Gasteiger partial charge in [0.1, 0.15) is 0 Å². The van der Waals surface area contributed by atoms with Gasteiger partial charge >= 0.3 is 6.03 Å². The van der Waals surface area contributed by atoms with E-state index in [9.17, 15) is 4.79 Å². The lowest BCUT2D eigenvalue weighted by atomic mass is 10.3. The molecule has 2 rings (SSSR count). The van der Waals surface area contributed by atoms with Crippen molar-refractivity contribution in [2.24, 2.45) is 0 Å². The number of likely N-dealkylation sites (N-methyl/N-ethyl adjacent to an activating group) is 1. The highest BCUT2D eigenvalue weighted by Gasteiger charge is 2.17. The third-order valence-corrected chi connectivity index (χ3v) is 5.31. The molecule has 21 heavy (non-hydrogen) atoms. The summed E-state index contributed by atoms with van der Waals surface area (Å²) in [5, 5.41) is 12.7. The minimum Gasteiger partial charge on any atom is -0.394 e. The third kappa shape index (κ3) is 4.64. The van der Waals surface area contributed by atoms with Crippen molar-refractivity contribution in [3.05, 3.63) is 24.3 Å². The van der Waals surface area contributed by atoms with Crippen LogP contribution < -0.4 is 5.32 Å². The molecule has 4 nitrogen and oxygen atoms in total. The van der Waals surface area contributed by atoms with E-state index in [-0.39, 0.29) is 18.7 Å². The number of carbonyl (C=O) groups is 1. The van der Waals surface area contributed by atoms with Crippen molar-refractivity contribution in [2.75, 3.05) is 19.0 Å². The second-order valence-corrected chi connectivity index (χ2v) is 7.00. The van der Waals surface area contributed by atoms with Gasteiger partial charge in [-0.15, -0.1) is 11.8 Å². The van der Waals surface area contributed by atoms with Gasteiger partial charge in [0.25, 0.3) is 0 Å². The van der Waals surface area contributed by atoms with Gasteiger partial charge in [0, 0.05) is 22.9 Å². The van der Waals surface area contributed by atoms with Crippen molar-refractivity contribution in [1.29, 1.82) is 0 Å². The zero-order valence-electron chi connectivity index (χ0n) is 12.7. The Morgan fingerprint density at radius 3 is 2.57 bits per heavy atom. The molecule has 5 heteroatoms. The minimum atomic E-state index is -0.201. The predicted molar refractivity (Wildman–Crippen MR) is 87.9 cm³/mol. The average molecular weight is 308 g/mol. The van der Waals surface area contributed by atoms with E-state index in [0.29, 0.717) is 0 Å². The lowest BCUT2D eigenvalue weighted by Gasteiger charge is -2.23. The molecule has 0 saturated heterocycles. The summed E-state index contributed by atoms with van der Waals surface area (Å²) in [5.41, 5.74) is 0.785. The highest BCUT2D eigenvalue weighted by molar-refractivity contribution is 8.00. The molecule has 1 atom stereocenters. The zero-order chi connectivity index (χ0) is 15.2. The Balaban J connectivity index is 1.88. The van der Waals surface area contributed by atoms with Crippen LogP contribution >= 0.6 is 11.8 Å². The van der Waals surface area contributed by atoms with Crippen LogP contribution in [-0.4, -0.2) is 41.0 Å². The molecule has 2 N–H and O–H groups in total. The van der Waals surface area contributed by atoms with Crippen molar-refractivity contribution in [3.8, 4) is 0 Å². The minimum absolute atomic E-state index is 0.0408. The molecule has 0 heterocycles. The van der Waals surface area contributed by atoms with Gasteiger partial charge in [-0.1, -0.05) is 12.8 Å². The number of thioether (sulfide) groups is 1. The molecule has 0 aromatic heterocycles. The predicted octanol–water partition coefficient (Wildman–Crippen LogP) is 3.57. The highest BCUT2D eigenvalue weighted by Crippen LogP contribution is 2.34. The number of carbonyl (C=O) groups excluding carboxylic acids is 1. The maximum absolute atomic E-state index is 12.0. The Hall–Kier alpha value is -1.20. The van der Waals surface area contributed by atoms with Gasteiger partial charge in [-0.3, -0.25) is 0 Å². The van der Waals surface area contributed by atoms with Crippen LogP contribution in [0.25, 0.3) is 0 Å². The van der Waals surface area contributed by atoms with Crippen molar-refractivity contribution < 1.29 is 9.90 Å². The van der Waals surface area contributed by atoms with Gasteiger partial charge in [-0.05, 0) is 44.0 Å². The normalized spacial score (nSPS) is 16.7. The van der Waals surface area contributed by atoms with Gasteiger partial charge in [0.2, 0.25) is 0 Å². The lowest BCUT2D eigenvalue weighted by molar-refractivity contribution is 0.166. The lowest BCUT2D eigenvalue weighted by Crippen LogP contribution is -2.40. The number of amides is 2. The molecule has 2 amide bonds. The number of nitrogens with zero attached hydrogens (tertiary/aromatic N) is 1. The standard InChI is InChI=1S/C16H24N2O2S/c1-12(11-19)18(2)16(20)17-13-7-9-15(10-8-13)21-14-5-3-4-6-14/h7-10,12,14,19H,3-6,11H2,1-2H3,(H,17,20)/t12-/m0/s1. The molecule has 1 aliphatic rings. The fraction of sp³-hybridized carbons (Fsp3) is 0.562. The molecule has 1 aliphatic carbocycles. The number of nitrogens with one attached hydrogen (secondary N) is 1. The summed E-state index contributed by atoms with van der Waals surface area (Å²) in [6.07, 6.45) is 5.32. The van der Waals surface area contributed by atoms with Gasteiger partial charge in [-0.25, -0.2) is 4.79 Å². The Morgan fingerprint density at radius 2 is 2.00 bits per heavy atom. The van der Waals surface area contributed by atoms with Crippen molar-refractivity contribution in [1.82, 2.24) is 4.90 Å². The van der Waals surface area contributed by atoms with E-state index in [0.717, 1.165) is 10.9 Å². The SMILES string of the molecule is C[C@@H](CO)N(C)C(=O)Nc1ccc(SC2CCCC2)cc1. The van der Waals surface area contributed by atoms with E-state index in [1.54, 1.807) is 14.0 Å². The van der Waals surface area contributed by atoms with Crippen LogP contribution in [0.1, 0.15) is 32.6 Å². The molecule has 1 aromatic carbocycles. The first-order valence-electron chi connectivity index (χ1n) is 7.51. The molecule has 1 saturated carbocycles. The number of benzene rings is 1. The molecule has 0 unspecified atom stereocenters. The molecule has 0 radical (unpaired) electrons. The maximum atomic E-state index is 12.0. The fourth-order valence-electron chi connectivity index (χ4n) is 2.35. The Labute approximate surface area is 130 Å². The van der Waals surface area contributed by atoms with Crippen LogP contribution in [0.4, 0.5) is 10.5 Å².